The summed E-state index contributed by atoms with van der Waals surface area (Å²) in [6.07, 6.45) is -0.969. The van der Waals surface area contributed by atoms with Gasteiger partial charge in [-0.3, -0.25) is 9.59 Å². The summed E-state index contributed by atoms with van der Waals surface area (Å²) in [5, 5.41) is 16.3. The van der Waals surface area contributed by atoms with Gasteiger partial charge < -0.3 is 10.2 Å². The molecule has 0 saturated heterocycles. The smallest absolute Gasteiger partial charge is 0.399 e. The van der Waals surface area contributed by atoms with Crippen LogP contribution in [0.15, 0.2) is 0 Å². The van der Waals surface area contributed by atoms with Gasteiger partial charge in [-0.1, -0.05) is 0 Å². The molecule has 0 atom stereocenters. The van der Waals surface area contributed by atoms with E-state index in [9.17, 15) is 18.0 Å². The highest BCUT2D eigenvalue weighted by Crippen LogP contribution is 1.98. The Kier molecular flexibility index (Phi) is 5.82. The van der Waals surface area contributed by atoms with E-state index in [1.165, 1.54) is 0 Å². The van der Waals surface area contributed by atoms with Gasteiger partial charge >= 0.3 is 22.3 Å². The largest absolute Gasteiger partial charge is 0.481 e. The number of aliphatic carboxylic acids is 2. The second-order valence-electron chi connectivity index (χ2n) is 2.34. The molecule has 0 fully saturated rings. The summed E-state index contributed by atoms with van der Waals surface area (Å²) in [7, 11) is -4.30. The van der Waals surface area contributed by atoms with Crippen LogP contribution in [0.1, 0.15) is 12.8 Å². The lowest BCUT2D eigenvalue weighted by Crippen LogP contribution is -2.15. The van der Waals surface area contributed by atoms with Crippen LogP contribution in [-0.4, -0.2) is 43.8 Å². The van der Waals surface area contributed by atoms with Crippen molar-refractivity contribution in [2.24, 2.45) is 0 Å². The van der Waals surface area contributed by atoms with E-state index in [1.54, 1.807) is 0 Å². The summed E-state index contributed by atoms with van der Waals surface area (Å²) >= 11 is 0. The zero-order valence-corrected chi connectivity index (χ0v) is 8.40. The number of carbonyl (C=O) groups is 2. The Labute approximate surface area is 85.7 Å². The molecule has 0 radical (unpaired) electrons. The van der Waals surface area contributed by atoms with Crippen molar-refractivity contribution in [3.05, 3.63) is 0 Å². The van der Waals surface area contributed by atoms with Crippen LogP contribution in [0.3, 0.4) is 0 Å². The average molecular weight is 242 g/mol. The predicted octanol–water partition coefficient (Wildman–Crippen LogP) is -0.786. The molecule has 8 nitrogen and oxygen atoms in total. The van der Waals surface area contributed by atoms with Gasteiger partial charge in [0.25, 0.3) is 0 Å². The maximum atomic E-state index is 10.8. The van der Waals surface area contributed by atoms with Gasteiger partial charge in [-0.05, 0) is 0 Å². The van der Waals surface area contributed by atoms with Crippen LogP contribution in [0.25, 0.3) is 0 Å². The highest BCUT2D eigenvalue weighted by molar-refractivity contribution is 7.81. The zero-order chi connectivity index (χ0) is 11.9. The normalized spacial score (nSPS) is 11.2. The maximum absolute atomic E-state index is 10.8. The van der Waals surface area contributed by atoms with E-state index < -0.39 is 48.4 Å². The second kappa shape index (κ2) is 6.32. The zero-order valence-electron chi connectivity index (χ0n) is 7.58. The van der Waals surface area contributed by atoms with Crippen molar-refractivity contribution in [2.75, 3.05) is 13.2 Å². The summed E-state index contributed by atoms with van der Waals surface area (Å²) in [5.74, 6) is -2.42. The lowest BCUT2D eigenvalue weighted by atomic mass is 10.5. The molecule has 2 N–H and O–H groups in total. The molecular formula is C6H10O8S. The van der Waals surface area contributed by atoms with Crippen LogP contribution < -0.4 is 0 Å². The molecule has 0 aromatic heterocycles. The van der Waals surface area contributed by atoms with Gasteiger partial charge in [-0.2, -0.15) is 8.42 Å². The summed E-state index contributed by atoms with van der Waals surface area (Å²) in [5.41, 5.74) is 0. The number of carboxylic acid groups (broad SMARTS) is 2. The molecule has 15 heavy (non-hydrogen) atoms. The first kappa shape index (κ1) is 13.8. The van der Waals surface area contributed by atoms with Crippen molar-refractivity contribution >= 4 is 22.3 Å². The molecule has 0 heterocycles. The Balaban J connectivity index is 3.77. The van der Waals surface area contributed by atoms with Crippen molar-refractivity contribution in [1.29, 1.82) is 0 Å². The Bertz CT molecular complexity index is 292. The fourth-order valence-corrected chi connectivity index (χ4v) is 1.14. The molecule has 0 aromatic carbocycles. The van der Waals surface area contributed by atoms with E-state index >= 15 is 0 Å². The van der Waals surface area contributed by atoms with Gasteiger partial charge in [0, 0.05) is 0 Å². The molecule has 0 aliphatic rings. The number of hydrogen-bond donors (Lipinski definition) is 2. The van der Waals surface area contributed by atoms with Gasteiger partial charge in [0.1, 0.15) is 0 Å². The molecule has 0 bridgehead atoms. The fourth-order valence-electron chi connectivity index (χ4n) is 0.496. The Hall–Kier alpha value is -1.19. The molecule has 0 amide bonds. The first-order valence-electron chi connectivity index (χ1n) is 3.81. The minimum absolute atomic E-state index is 0.485. The minimum atomic E-state index is -4.30. The van der Waals surface area contributed by atoms with Crippen LogP contribution >= 0.6 is 0 Å². The van der Waals surface area contributed by atoms with E-state index in [4.69, 9.17) is 10.2 Å². The highest BCUT2D eigenvalue weighted by atomic mass is 32.3. The van der Waals surface area contributed by atoms with Crippen LogP contribution in [0.2, 0.25) is 0 Å². The van der Waals surface area contributed by atoms with Crippen molar-refractivity contribution in [3.8, 4) is 0 Å². The van der Waals surface area contributed by atoms with Crippen LogP contribution in [0.5, 0.6) is 0 Å². The van der Waals surface area contributed by atoms with Crippen molar-refractivity contribution in [2.45, 2.75) is 12.8 Å². The monoisotopic (exact) mass is 242 g/mol. The van der Waals surface area contributed by atoms with E-state index in [0.29, 0.717) is 0 Å². The number of rotatable bonds is 8. The van der Waals surface area contributed by atoms with E-state index in [2.05, 4.69) is 8.37 Å². The fraction of sp³-hybridized carbons (Fsp3) is 0.667. The minimum Gasteiger partial charge on any atom is -0.481 e. The van der Waals surface area contributed by atoms with E-state index in [0.717, 1.165) is 0 Å². The van der Waals surface area contributed by atoms with Gasteiger partial charge in [0.15, 0.2) is 0 Å². The first-order chi connectivity index (χ1) is 6.83. The van der Waals surface area contributed by atoms with Gasteiger partial charge in [-0.25, -0.2) is 8.37 Å². The molecule has 0 spiro atoms. The lowest BCUT2D eigenvalue weighted by Gasteiger charge is -2.03. The lowest BCUT2D eigenvalue weighted by molar-refractivity contribution is -0.138. The third-order valence-electron chi connectivity index (χ3n) is 1.09. The first-order valence-corrected chi connectivity index (χ1v) is 5.14. The van der Waals surface area contributed by atoms with Crippen LogP contribution in [0.4, 0.5) is 0 Å². The standard InChI is InChI=1S/C6H10O8S/c7-5(8)1-3-13-15(11,12)14-4-2-6(9)10/h1-4H2,(H,7,8)(H,9,10). The van der Waals surface area contributed by atoms with Crippen molar-refractivity contribution in [3.63, 3.8) is 0 Å². The number of carboxylic acids is 2. The third-order valence-corrected chi connectivity index (χ3v) is 2.00. The summed E-state index contributed by atoms with van der Waals surface area (Å²) in [4.78, 5) is 20.0. The summed E-state index contributed by atoms with van der Waals surface area (Å²) in [6, 6.07) is 0. The molecule has 0 unspecified atom stereocenters. The van der Waals surface area contributed by atoms with Crippen molar-refractivity contribution < 1.29 is 36.6 Å². The van der Waals surface area contributed by atoms with Gasteiger partial charge in [0.05, 0.1) is 26.1 Å². The molecule has 0 aliphatic carbocycles. The molecule has 0 rings (SSSR count). The van der Waals surface area contributed by atoms with Gasteiger partial charge in [-0.15, -0.1) is 0 Å². The molecule has 9 heteroatoms. The van der Waals surface area contributed by atoms with E-state index in [1.807, 2.05) is 0 Å². The quantitative estimate of drug-likeness (QED) is 0.567. The second-order valence-corrected chi connectivity index (χ2v) is 3.63. The predicted molar refractivity (Wildman–Crippen MR) is 45.3 cm³/mol. The Morgan fingerprint density at radius 1 is 0.933 bits per heavy atom. The SMILES string of the molecule is O=C(O)CCOS(=O)(=O)OCCC(=O)O. The molecular weight excluding hydrogens is 232 g/mol. The third kappa shape index (κ3) is 9.12. The molecule has 0 aromatic rings. The molecule has 88 valence electrons. The van der Waals surface area contributed by atoms with Crippen molar-refractivity contribution in [1.82, 2.24) is 0 Å². The highest BCUT2D eigenvalue weighted by Gasteiger charge is 2.13. The van der Waals surface area contributed by atoms with Crippen LogP contribution in [-0.2, 0) is 28.4 Å². The summed E-state index contributed by atoms with van der Waals surface area (Å²) in [6.45, 7) is -1.10. The summed E-state index contributed by atoms with van der Waals surface area (Å²) < 4.78 is 29.7. The Morgan fingerprint density at radius 2 is 1.27 bits per heavy atom. The molecule has 0 saturated carbocycles. The van der Waals surface area contributed by atoms with Crippen LogP contribution in [0, 0.1) is 0 Å². The number of hydrogen-bond acceptors (Lipinski definition) is 6. The topological polar surface area (TPSA) is 127 Å². The van der Waals surface area contributed by atoms with Gasteiger partial charge in [0.2, 0.25) is 0 Å². The maximum Gasteiger partial charge on any atom is 0.399 e. The molecule has 0 aliphatic heterocycles. The van der Waals surface area contributed by atoms with E-state index in [-0.39, 0.29) is 0 Å². The average Bonchev–Trinajstić information content (AvgIpc) is 2.01. The Morgan fingerprint density at radius 3 is 1.53 bits per heavy atom.